The molecule has 0 aromatic carbocycles. The van der Waals surface area contributed by atoms with Gasteiger partial charge in [-0.2, -0.15) is 0 Å². The highest BCUT2D eigenvalue weighted by atomic mass is 16.6. The highest BCUT2D eigenvalue weighted by molar-refractivity contribution is 5.87. The molecule has 0 bridgehead atoms. The van der Waals surface area contributed by atoms with Gasteiger partial charge in [-0.1, -0.05) is 49.4 Å². The largest absolute Gasteiger partial charge is 0.460 e. The normalized spacial score (nSPS) is 7.71. The van der Waals surface area contributed by atoms with Crippen LogP contribution in [0.25, 0.3) is 0 Å². The quantitative estimate of drug-likeness (QED) is 0.241. The van der Waals surface area contributed by atoms with Crippen molar-refractivity contribution in [2.75, 3.05) is 33.5 Å². The molecule has 0 aliphatic heterocycles. The van der Waals surface area contributed by atoms with Crippen molar-refractivity contribution in [2.45, 2.75) is 50.5 Å². The lowest BCUT2D eigenvalue weighted by atomic mass is 10.4. The van der Waals surface area contributed by atoms with Crippen LogP contribution in [0, 0.1) is 0 Å². The van der Waals surface area contributed by atoms with Crippen molar-refractivity contribution in [2.24, 2.45) is 0 Å². The Balaban J connectivity index is -0.0000000786. The molecule has 0 heterocycles. The highest BCUT2D eigenvalue weighted by Crippen LogP contribution is 1.94. The third-order valence-electron chi connectivity index (χ3n) is 2.12. The zero-order valence-electron chi connectivity index (χ0n) is 14.8. The van der Waals surface area contributed by atoms with Gasteiger partial charge in [-0.05, 0) is 20.8 Å². The second-order valence-electron chi connectivity index (χ2n) is 4.74. The first-order chi connectivity index (χ1) is 11.1. The maximum absolute atomic E-state index is 10.8. The smallest absolute Gasteiger partial charge is 0.333 e. The molecule has 0 fully saturated rings. The summed E-state index contributed by atoms with van der Waals surface area (Å²) in [6.07, 6.45) is 0. The van der Waals surface area contributed by atoms with Crippen LogP contribution in [0.2, 0.25) is 0 Å². The molecule has 0 saturated heterocycles. The fraction of sp³-hybridized carbons (Fsp3) is 0.571. The lowest BCUT2D eigenvalue weighted by Gasteiger charge is -2.05. The number of carbonyl (C=O) groups excluding carboxylic acids is 3. The van der Waals surface area contributed by atoms with E-state index in [1.165, 1.54) is 0 Å². The average Bonchev–Trinajstić information content (AvgIpc) is 2.51. The molecular weight excluding hydrogens is 364 g/mol. The van der Waals surface area contributed by atoms with Gasteiger partial charge in [0.25, 0.3) is 0 Å². The number of esters is 3. The minimum absolute atomic E-state index is 0. The Labute approximate surface area is 172 Å². The number of ether oxygens (including phenoxy) is 4. The van der Waals surface area contributed by atoms with Crippen LogP contribution in [0.1, 0.15) is 50.5 Å². The number of hydrogen-bond donors (Lipinski definition) is 0. The van der Waals surface area contributed by atoms with Gasteiger partial charge >= 0.3 is 17.9 Å². The Kier molecular flexibility index (Phi) is 35.4. The molecule has 0 saturated carbocycles. The molecule has 0 unspecified atom stereocenters. The van der Waals surface area contributed by atoms with Crippen LogP contribution in [-0.2, 0) is 33.3 Å². The van der Waals surface area contributed by atoms with Crippen LogP contribution in [-0.4, -0.2) is 51.4 Å². The van der Waals surface area contributed by atoms with Crippen molar-refractivity contribution >= 4 is 17.9 Å². The molecule has 168 valence electrons. The third-order valence-corrected chi connectivity index (χ3v) is 2.12. The predicted molar refractivity (Wildman–Crippen MR) is 116 cm³/mol. The maximum Gasteiger partial charge on any atom is 0.333 e. The van der Waals surface area contributed by atoms with Crippen molar-refractivity contribution in [1.29, 1.82) is 0 Å². The van der Waals surface area contributed by atoms with Gasteiger partial charge in [0, 0.05) is 23.8 Å². The fourth-order valence-corrected chi connectivity index (χ4v) is 0.856. The fourth-order valence-electron chi connectivity index (χ4n) is 0.856. The van der Waals surface area contributed by atoms with Crippen LogP contribution in [0.5, 0.6) is 0 Å². The van der Waals surface area contributed by atoms with Crippen LogP contribution in [0.3, 0.4) is 0 Å². The van der Waals surface area contributed by atoms with E-state index in [-0.39, 0.29) is 48.9 Å². The van der Waals surface area contributed by atoms with Gasteiger partial charge in [0.2, 0.25) is 0 Å². The molecule has 0 radical (unpaired) electrons. The number of rotatable bonds is 9. The molecule has 0 rings (SSSR count). The molecule has 0 aromatic heterocycles. The molecule has 7 heteroatoms. The van der Waals surface area contributed by atoms with E-state index in [1.807, 2.05) is 0 Å². The van der Waals surface area contributed by atoms with Gasteiger partial charge in [0.05, 0.1) is 6.61 Å². The van der Waals surface area contributed by atoms with E-state index in [0.717, 1.165) is 0 Å². The van der Waals surface area contributed by atoms with Gasteiger partial charge in [0.15, 0.2) is 0 Å². The topological polar surface area (TPSA) is 88.1 Å². The zero-order chi connectivity index (χ0) is 19.1. The SMILES string of the molecule is C.C.C.C.C=C(C)C(=O)OCCOC.C=C(C)C(=O)OCCOC(=O)C(=C)C. The van der Waals surface area contributed by atoms with Gasteiger partial charge in [0.1, 0.15) is 19.8 Å². The Morgan fingerprint density at radius 2 is 0.786 bits per heavy atom. The number of hydrogen-bond acceptors (Lipinski definition) is 7. The molecule has 0 aliphatic carbocycles. The van der Waals surface area contributed by atoms with Gasteiger partial charge in [-0.15, -0.1) is 0 Å². The average molecular weight is 407 g/mol. The Morgan fingerprint density at radius 3 is 0.964 bits per heavy atom. The number of carbonyl (C=O) groups is 3. The molecule has 7 nitrogen and oxygen atoms in total. The van der Waals surface area contributed by atoms with Crippen molar-refractivity contribution in [3.8, 4) is 0 Å². The molecule has 28 heavy (non-hydrogen) atoms. The lowest BCUT2D eigenvalue weighted by molar-refractivity contribution is -0.147. The summed E-state index contributed by atoms with van der Waals surface area (Å²) in [5.74, 6) is -1.34. The van der Waals surface area contributed by atoms with Crippen molar-refractivity contribution in [3.05, 3.63) is 36.5 Å². The Bertz CT molecular complexity index is 451. The Hall–Kier alpha value is -2.41. The molecule has 0 atom stereocenters. The second-order valence-corrected chi connectivity index (χ2v) is 4.74. The van der Waals surface area contributed by atoms with Crippen molar-refractivity contribution < 1.29 is 33.3 Å². The molecule has 0 amide bonds. The van der Waals surface area contributed by atoms with E-state index < -0.39 is 11.9 Å². The third kappa shape index (κ3) is 25.8. The second kappa shape index (κ2) is 24.6. The number of methoxy groups -OCH3 is 1. The Morgan fingerprint density at radius 1 is 0.571 bits per heavy atom. The summed E-state index contributed by atoms with van der Waals surface area (Å²) in [4.78, 5) is 32.3. The zero-order valence-corrected chi connectivity index (χ0v) is 14.8. The first kappa shape index (κ1) is 40.3. The standard InChI is InChI=1S/C10H14O4.C7H12O3.4CH4/c1-7(2)9(11)13-5-6-14-10(12)8(3)4;1-6(2)7(8)10-5-4-9-3;;;;/h1,3,5-6H2,2,4H3;1,4-5H2,2-3H3;4*1H4. The minimum Gasteiger partial charge on any atom is -0.460 e. The first-order valence-electron chi connectivity index (χ1n) is 7.10. The summed E-state index contributed by atoms with van der Waals surface area (Å²) in [5, 5.41) is 0. The summed E-state index contributed by atoms with van der Waals surface area (Å²) in [6.45, 7) is 15.7. The molecule has 0 N–H and O–H groups in total. The molecule has 0 aliphatic rings. The van der Waals surface area contributed by atoms with Gasteiger partial charge < -0.3 is 18.9 Å². The summed E-state index contributed by atoms with van der Waals surface area (Å²) in [6, 6.07) is 0. The molecule has 0 aromatic rings. The van der Waals surface area contributed by atoms with E-state index in [0.29, 0.717) is 29.9 Å². The van der Waals surface area contributed by atoms with Crippen molar-refractivity contribution in [1.82, 2.24) is 0 Å². The van der Waals surface area contributed by atoms with E-state index in [4.69, 9.17) is 0 Å². The van der Waals surface area contributed by atoms with E-state index in [1.54, 1.807) is 27.9 Å². The van der Waals surface area contributed by atoms with Crippen LogP contribution < -0.4 is 0 Å². The van der Waals surface area contributed by atoms with Crippen molar-refractivity contribution in [3.63, 3.8) is 0 Å². The van der Waals surface area contributed by atoms with Crippen LogP contribution in [0.4, 0.5) is 0 Å². The lowest BCUT2D eigenvalue weighted by Crippen LogP contribution is -2.14. The monoisotopic (exact) mass is 406 g/mol. The summed E-state index contributed by atoms with van der Waals surface area (Å²) < 4.78 is 18.7. The van der Waals surface area contributed by atoms with E-state index in [2.05, 4.69) is 38.7 Å². The molecular formula is C21H42O7. The summed E-state index contributed by atoms with van der Waals surface area (Å²) in [7, 11) is 1.55. The minimum atomic E-state index is -0.489. The van der Waals surface area contributed by atoms with Crippen LogP contribution in [0.15, 0.2) is 36.5 Å². The van der Waals surface area contributed by atoms with Gasteiger partial charge in [-0.25, -0.2) is 14.4 Å². The summed E-state index contributed by atoms with van der Waals surface area (Å²) >= 11 is 0. The predicted octanol–water partition coefficient (Wildman–Crippen LogP) is 4.52. The van der Waals surface area contributed by atoms with E-state index >= 15 is 0 Å². The van der Waals surface area contributed by atoms with E-state index in [9.17, 15) is 14.4 Å². The van der Waals surface area contributed by atoms with Crippen LogP contribution >= 0.6 is 0 Å². The summed E-state index contributed by atoms with van der Waals surface area (Å²) in [5.41, 5.74) is 1.04. The first-order valence-corrected chi connectivity index (χ1v) is 7.10. The maximum atomic E-state index is 10.8. The highest BCUT2D eigenvalue weighted by Gasteiger charge is 2.05. The molecule has 0 spiro atoms. The van der Waals surface area contributed by atoms with Gasteiger partial charge in [-0.3, -0.25) is 0 Å².